The second-order valence-corrected chi connectivity index (χ2v) is 8.76. The molecule has 1 unspecified atom stereocenters. The Morgan fingerprint density at radius 2 is 1.68 bits per heavy atom. The van der Waals surface area contributed by atoms with Crippen LogP contribution in [0.4, 0.5) is 13.2 Å². The fourth-order valence-electron chi connectivity index (χ4n) is 4.26. The highest BCUT2D eigenvalue weighted by atomic mass is 19.2. The molecule has 11 heteroatoms. The Morgan fingerprint density at radius 3 is 2.32 bits per heavy atom. The summed E-state index contributed by atoms with van der Waals surface area (Å²) in [4.78, 5) is 0. The van der Waals surface area contributed by atoms with Gasteiger partial charge in [-0.05, 0) is 39.8 Å². The van der Waals surface area contributed by atoms with E-state index in [0.717, 1.165) is 12.1 Å². The van der Waals surface area contributed by atoms with Crippen LogP contribution in [-0.2, 0) is 23.7 Å². The predicted octanol–water partition coefficient (Wildman–Crippen LogP) is 2.93. The van der Waals surface area contributed by atoms with Crippen molar-refractivity contribution in [3.8, 4) is 11.3 Å². The highest BCUT2D eigenvalue weighted by Gasteiger charge is 2.59. The standard InChI is InChI=1S/C20H22F3N3O5/c1-19(2)27-8-13(29-19)16-15(17-18(28-16)31-20(3,4)30-17)26-7-12(24-25-26)9-5-10(21)14(23)11(22)6-9/h5-7,13,15-18H,8H2,1-4H3/t13-,15?,16+,17+,18-/m1/s1. The maximum atomic E-state index is 13.7. The molecule has 0 spiro atoms. The molecule has 0 bridgehead atoms. The number of nitrogens with zero attached hydrogens (tertiary/aromatic N) is 3. The molecule has 0 amide bonds. The third-order valence-electron chi connectivity index (χ3n) is 5.54. The van der Waals surface area contributed by atoms with Crippen LogP contribution in [0.5, 0.6) is 0 Å². The van der Waals surface area contributed by atoms with E-state index in [-0.39, 0.29) is 11.3 Å². The summed E-state index contributed by atoms with van der Waals surface area (Å²) in [6.07, 6.45) is -0.641. The van der Waals surface area contributed by atoms with Crippen molar-refractivity contribution in [3.63, 3.8) is 0 Å². The number of halogens is 3. The van der Waals surface area contributed by atoms with E-state index in [9.17, 15) is 13.2 Å². The lowest BCUT2D eigenvalue weighted by Crippen LogP contribution is -2.40. The van der Waals surface area contributed by atoms with Crippen molar-refractivity contribution >= 4 is 0 Å². The van der Waals surface area contributed by atoms with Gasteiger partial charge in [-0.15, -0.1) is 5.10 Å². The molecule has 31 heavy (non-hydrogen) atoms. The number of hydrogen-bond acceptors (Lipinski definition) is 7. The molecule has 0 saturated carbocycles. The number of rotatable bonds is 3. The monoisotopic (exact) mass is 441 g/mol. The minimum absolute atomic E-state index is 0.0557. The lowest BCUT2D eigenvalue weighted by Gasteiger charge is -2.28. The van der Waals surface area contributed by atoms with Gasteiger partial charge in [0.15, 0.2) is 35.3 Å². The molecule has 0 N–H and O–H groups in total. The fraction of sp³-hybridized carbons (Fsp3) is 0.600. The van der Waals surface area contributed by atoms with Crippen LogP contribution in [0.15, 0.2) is 18.3 Å². The van der Waals surface area contributed by atoms with Crippen LogP contribution in [-0.4, -0.2) is 57.8 Å². The molecule has 1 aromatic carbocycles. The predicted molar refractivity (Wildman–Crippen MR) is 98.0 cm³/mol. The zero-order valence-electron chi connectivity index (χ0n) is 17.3. The van der Waals surface area contributed by atoms with Crippen LogP contribution in [0, 0.1) is 17.5 Å². The molecule has 3 aliphatic rings. The first-order chi connectivity index (χ1) is 14.5. The van der Waals surface area contributed by atoms with Gasteiger partial charge < -0.3 is 23.7 Å². The second kappa shape index (κ2) is 6.97. The van der Waals surface area contributed by atoms with Crippen LogP contribution in [0.2, 0.25) is 0 Å². The van der Waals surface area contributed by atoms with Crippen molar-refractivity contribution in [2.45, 2.75) is 69.9 Å². The normalized spacial score (nSPS) is 33.7. The zero-order chi connectivity index (χ0) is 22.1. The van der Waals surface area contributed by atoms with Gasteiger partial charge in [-0.25, -0.2) is 17.9 Å². The molecule has 0 radical (unpaired) electrons. The van der Waals surface area contributed by atoms with Gasteiger partial charge in [-0.3, -0.25) is 0 Å². The summed E-state index contributed by atoms with van der Waals surface area (Å²) in [6, 6.07) is 1.23. The Hall–Kier alpha value is -2.05. The molecule has 3 aliphatic heterocycles. The Balaban J connectivity index is 1.49. The summed E-state index contributed by atoms with van der Waals surface area (Å²) in [5, 5.41) is 8.15. The molecular weight excluding hydrogens is 419 g/mol. The molecule has 1 aromatic heterocycles. The number of fused-ring (bicyclic) bond motifs is 1. The van der Waals surface area contributed by atoms with Crippen molar-refractivity contribution < 1.29 is 36.9 Å². The average Bonchev–Trinajstić information content (AvgIpc) is 3.41. The van der Waals surface area contributed by atoms with Gasteiger partial charge in [0.1, 0.15) is 30.0 Å². The van der Waals surface area contributed by atoms with E-state index < -0.39 is 59.7 Å². The largest absolute Gasteiger partial charge is 0.348 e. The van der Waals surface area contributed by atoms with E-state index in [1.807, 2.05) is 0 Å². The van der Waals surface area contributed by atoms with Crippen LogP contribution < -0.4 is 0 Å². The summed E-state index contributed by atoms with van der Waals surface area (Å²) in [5.74, 6) is -5.78. The van der Waals surface area contributed by atoms with E-state index in [1.165, 1.54) is 10.9 Å². The Labute approximate surface area is 176 Å². The highest BCUT2D eigenvalue weighted by molar-refractivity contribution is 5.57. The van der Waals surface area contributed by atoms with Crippen molar-refractivity contribution in [2.24, 2.45) is 0 Å². The van der Waals surface area contributed by atoms with Gasteiger partial charge in [-0.1, -0.05) is 5.21 Å². The van der Waals surface area contributed by atoms with E-state index in [4.69, 9.17) is 23.7 Å². The van der Waals surface area contributed by atoms with Crippen LogP contribution >= 0.6 is 0 Å². The third-order valence-corrected chi connectivity index (χ3v) is 5.54. The number of hydrogen-bond donors (Lipinski definition) is 0. The number of aromatic nitrogens is 3. The molecule has 0 aliphatic carbocycles. The van der Waals surface area contributed by atoms with Gasteiger partial charge in [0, 0.05) is 5.56 Å². The lowest BCUT2D eigenvalue weighted by molar-refractivity contribution is -0.226. The van der Waals surface area contributed by atoms with Gasteiger partial charge in [0.2, 0.25) is 0 Å². The molecule has 4 heterocycles. The highest BCUT2D eigenvalue weighted by Crippen LogP contribution is 2.46. The van der Waals surface area contributed by atoms with Gasteiger partial charge in [0.25, 0.3) is 0 Å². The molecule has 8 nitrogen and oxygen atoms in total. The van der Waals surface area contributed by atoms with Gasteiger partial charge in [0.05, 0.1) is 12.8 Å². The fourth-order valence-corrected chi connectivity index (χ4v) is 4.26. The van der Waals surface area contributed by atoms with Gasteiger partial charge >= 0.3 is 0 Å². The zero-order valence-corrected chi connectivity index (χ0v) is 17.3. The Morgan fingerprint density at radius 1 is 0.968 bits per heavy atom. The summed E-state index contributed by atoms with van der Waals surface area (Å²) < 4.78 is 71.9. The maximum Gasteiger partial charge on any atom is 0.194 e. The van der Waals surface area contributed by atoms with E-state index in [1.54, 1.807) is 27.7 Å². The molecule has 3 saturated heterocycles. The molecule has 5 rings (SSSR count). The quantitative estimate of drug-likeness (QED) is 0.678. The van der Waals surface area contributed by atoms with E-state index in [0.29, 0.717) is 6.61 Å². The first-order valence-corrected chi connectivity index (χ1v) is 9.93. The smallest absolute Gasteiger partial charge is 0.194 e. The van der Waals surface area contributed by atoms with Crippen molar-refractivity contribution in [2.75, 3.05) is 6.61 Å². The van der Waals surface area contributed by atoms with Gasteiger partial charge in [-0.2, -0.15) is 0 Å². The van der Waals surface area contributed by atoms with Crippen LogP contribution in [0.3, 0.4) is 0 Å². The topological polar surface area (TPSA) is 76.9 Å². The molecular formula is C20H22F3N3O5. The number of ether oxygens (including phenoxy) is 5. The molecule has 168 valence electrons. The second-order valence-electron chi connectivity index (χ2n) is 8.76. The summed E-state index contributed by atoms with van der Waals surface area (Å²) in [5.41, 5.74) is 0.224. The first-order valence-electron chi connectivity index (χ1n) is 9.93. The first kappa shape index (κ1) is 20.8. The molecule has 2 aromatic rings. The SMILES string of the molecule is CC1(C)OC[C@H]([C@@H]2O[C@@H]3OC(C)(C)O[C@H]3C2n2cc(-c3cc(F)c(F)c(F)c3)nn2)O1. The average molecular weight is 441 g/mol. The van der Waals surface area contributed by atoms with Crippen molar-refractivity contribution in [1.82, 2.24) is 15.0 Å². The summed E-state index contributed by atoms with van der Waals surface area (Å²) in [7, 11) is 0. The maximum absolute atomic E-state index is 13.7. The lowest BCUT2D eigenvalue weighted by atomic mass is 10.0. The third kappa shape index (κ3) is 3.64. The molecule has 5 atom stereocenters. The van der Waals surface area contributed by atoms with Crippen molar-refractivity contribution in [3.05, 3.63) is 35.8 Å². The summed E-state index contributed by atoms with van der Waals surface area (Å²) >= 11 is 0. The minimum Gasteiger partial charge on any atom is -0.348 e. The van der Waals surface area contributed by atoms with E-state index >= 15 is 0 Å². The minimum atomic E-state index is -1.54. The van der Waals surface area contributed by atoms with Crippen molar-refractivity contribution in [1.29, 1.82) is 0 Å². The number of benzene rings is 1. The van der Waals surface area contributed by atoms with Crippen LogP contribution in [0.25, 0.3) is 11.3 Å². The Bertz CT molecular complexity index is 991. The molecule has 3 fully saturated rings. The van der Waals surface area contributed by atoms with E-state index in [2.05, 4.69) is 10.3 Å². The Kier molecular flexibility index (Phi) is 4.69. The summed E-state index contributed by atoms with van der Waals surface area (Å²) in [6.45, 7) is 7.46. The van der Waals surface area contributed by atoms with Crippen LogP contribution in [0.1, 0.15) is 33.7 Å².